The molecule has 0 aromatic heterocycles. The van der Waals surface area contributed by atoms with Crippen LogP contribution < -0.4 is 5.32 Å². The molecule has 0 unspecified atom stereocenters. The molecule has 0 amide bonds. The van der Waals surface area contributed by atoms with E-state index in [1.807, 2.05) is 19.1 Å². The molecule has 1 aromatic rings. The van der Waals surface area contributed by atoms with Crippen LogP contribution in [0.15, 0.2) is 12.1 Å². The van der Waals surface area contributed by atoms with E-state index in [-0.39, 0.29) is 5.75 Å². The third-order valence-electron chi connectivity index (χ3n) is 2.99. The lowest BCUT2D eigenvalue weighted by Gasteiger charge is -2.27. The SMILES string of the molecule is Cc1c(O)cc(CN2CCNCC2)cc1Cl. The molecular formula is C12H17ClN2O. The lowest BCUT2D eigenvalue weighted by molar-refractivity contribution is 0.233. The standard InChI is InChI=1S/C12H17ClN2O/c1-9-11(13)6-10(7-12(9)16)8-15-4-2-14-3-5-15/h6-7,14,16H,2-5,8H2,1H3. The van der Waals surface area contributed by atoms with Gasteiger partial charge in [0.2, 0.25) is 0 Å². The van der Waals surface area contributed by atoms with Gasteiger partial charge < -0.3 is 10.4 Å². The van der Waals surface area contributed by atoms with Crippen molar-refractivity contribution in [2.45, 2.75) is 13.5 Å². The second kappa shape index (κ2) is 5.04. The van der Waals surface area contributed by atoms with Gasteiger partial charge in [-0.15, -0.1) is 0 Å². The first-order chi connectivity index (χ1) is 7.66. The van der Waals surface area contributed by atoms with E-state index in [9.17, 15) is 5.11 Å². The van der Waals surface area contributed by atoms with Crippen molar-refractivity contribution in [3.63, 3.8) is 0 Å². The summed E-state index contributed by atoms with van der Waals surface area (Å²) in [6, 6.07) is 3.75. The first kappa shape index (κ1) is 11.7. The van der Waals surface area contributed by atoms with Gasteiger partial charge in [-0.2, -0.15) is 0 Å². The molecule has 1 aliphatic heterocycles. The Hall–Kier alpha value is -0.770. The lowest BCUT2D eigenvalue weighted by atomic mass is 10.1. The number of benzene rings is 1. The first-order valence-electron chi connectivity index (χ1n) is 5.58. The summed E-state index contributed by atoms with van der Waals surface area (Å²) in [5.74, 6) is 0.289. The molecule has 1 aromatic carbocycles. The third-order valence-corrected chi connectivity index (χ3v) is 3.39. The molecule has 2 rings (SSSR count). The van der Waals surface area contributed by atoms with E-state index in [1.54, 1.807) is 0 Å². The van der Waals surface area contributed by atoms with Crippen molar-refractivity contribution >= 4 is 11.6 Å². The maximum atomic E-state index is 9.70. The zero-order valence-electron chi connectivity index (χ0n) is 9.46. The van der Waals surface area contributed by atoms with Crippen LogP contribution in [0.1, 0.15) is 11.1 Å². The van der Waals surface area contributed by atoms with Crippen molar-refractivity contribution in [3.8, 4) is 5.75 Å². The maximum Gasteiger partial charge on any atom is 0.120 e. The fraction of sp³-hybridized carbons (Fsp3) is 0.500. The quantitative estimate of drug-likeness (QED) is 0.827. The van der Waals surface area contributed by atoms with Gasteiger partial charge in [0.05, 0.1) is 0 Å². The Morgan fingerprint density at radius 1 is 1.38 bits per heavy atom. The molecule has 0 aliphatic carbocycles. The number of rotatable bonds is 2. The summed E-state index contributed by atoms with van der Waals surface area (Å²) in [4.78, 5) is 2.36. The van der Waals surface area contributed by atoms with Crippen LogP contribution in [0.4, 0.5) is 0 Å². The molecule has 0 saturated carbocycles. The van der Waals surface area contributed by atoms with Gasteiger partial charge in [0.25, 0.3) is 0 Å². The van der Waals surface area contributed by atoms with Crippen LogP contribution >= 0.6 is 11.6 Å². The molecule has 16 heavy (non-hydrogen) atoms. The predicted molar refractivity (Wildman–Crippen MR) is 66.0 cm³/mol. The Morgan fingerprint density at radius 2 is 2.06 bits per heavy atom. The van der Waals surface area contributed by atoms with Crippen LogP contribution in [0.2, 0.25) is 5.02 Å². The Balaban J connectivity index is 2.09. The summed E-state index contributed by atoms with van der Waals surface area (Å²) >= 11 is 6.05. The highest BCUT2D eigenvalue weighted by Gasteiger charge is 2.11. The molecule has 1 heterocycles. The highest BCUT2D eigenvalue weighted by Crippen LogP contribution is 2.27. The Labute approximate surface area is 101 Å². The van der Waals surface area contributed by atoms with E-state index in [0.717, 1.165) is 43.9 Å². The highest BCUT2D eigenvalue weighted by molar-refractivity contribution is 6.31. The Bertz CT molecular complexity index is 352. The van der Waals surface area contributed by atoms with Crippen LogP contribution in [0.5, 0.6) is 5.75 Å². The molecule has 88 valence electrons. The van der Waals surface area contributed by atoms with E-state index in [4.69, 9.17) is 11.6 Å². The smallest absolute Gasteiger partial charge is 0.120 e. The van der Waals surface area contributed by atoms with Crippen molar-refractivity contribution in [2.24, 2.45) is 0 Å². The zero-order valence-corrected chi connectivity index (χ0v) is 10.2. The number of nitrogens with zero attached hydrogens (tertiary/aromatic N) is 1. The van der Waals surface area contributed by atoms with E-state index in [1.165, 1.54) is 0 Å². The van der Waals surface area contributed by atoms with Crippen LogP contribution in [0.25, 0.3) is 0 Å². The molecule has 1 fully saturated rings. The topological polar surface area (TPSA) is 35.5 Å². The molecule has 0 atom stereocenters. The second-order valence-corrected chi connectivity index (χ2v) is 4.66. The van der Waals surface area contributed by atoms with Gasteiger partial charge in [-0.3, -0.25) is 4.90 Å². The summed E-state index contributed by atoms with van der Waals surface area (Å²) in [6.45, 7) is 6.84. The number of hydrogen-bond donors (Lipinski definition) is 2. The highest BCUT2D eigenvalue weighted by atomic mass is 35.5. The minimum absolute atomic E-state index is 0.289. The van der Waals surface area contributed by atoms with Gasteiger partial charge in [0.1, 0.15) is 5.75 Å². The van der Waals surface area contributed by atoms with Gasteiger partial charge in [-0.1, -0.05) is 11.6 Å². The minimum Gasteiger partial charge on any atom is -0.508 e. The summed E-state index contributed by atoms with van der Waals surface area (Å²) in [7, 11) is 0. The Kier molecular flexibility index (Phi) is 3.69. The number of hydrogen-bond acceptors (Lipinski definition) is 3. The molecule has 0 bridgehead atoms. The number of aromatic hydroxyl groups is 1. The van der Waals surface area contributed by atoms with Gasteiger partial charge in [-0.05, 0) is 24.6 Å². The second-order valence-electron chi connectivity index (χ2n) is 4.25. The summed E-state index contributed by atoms with van der Waals surface area (Å²) in [5, 5.41) is 13.7. The monoisotopic (exact) mass is 240 g/mol. The first-order valence-corrected chi connectivity index (χ1v) is 5.95. The largest absolute Gasteiger partial charge is 0.508 e. The van der Waals surface area contributed by atoms with Crippen LogP contribution in [0.3, 0.4) is 0 Å². The normalized spacial score (nSPS) is 17.6. The van der Waals surface area contributed by atoms with Crippen molar-refractivity contribution in [1.29, 1.82) is 0 Å². The molecule has 4 heteroatoms. The van der Waals surface area contributed by atoms with E-state index in [2.05, 4.69) is 10.2 Å². The van der Waals surface area contributed by atoms with Gasteiger partial charge in [0, 0.05) is 43.3 Å². The number of phenolic OH excluding ortho intramolecular Hbond substituents is 1. The Morgan fingerprint density at radius 3 is 2.69 bits per heavy atom. The van der Waals surface area contributed by atoms with Gasteiger partial charge >= 0.3 is 0 Å². The summed E-state index contributed by atoms with van der Waals surface area (Å²) in [5.41, 5.74) is 1.83. The van der Waals surface area contributed by atoms with Crippen LogP contribution in [-0.2, 0) is 6.54 Å². The summed E-state index contributed by atoms with van der Waals surface area (Å²) < 4.78 is 0. The minimum atomic E-state index is 0.289. The van der Waals surface area contributed by atoms with Crippen molar-refractivity contribution < 1.29 is 5.11 Å². The van der Waals surface area contributed by atoms with Crippen LogP contribution in [-0.4, -0.2) is 36.2 Å². The predicted octanol–water partition coefficient (Wildman–Crippen LogP) is 1.76. The molecule has 3 nitrogen and oxygen atoms in total. The van der Waals surface area contributed by atoms with Gasteiger partial charge in [0.15, 0.2) is 0 Å². The van der Waals surface area contributed by atoms with E-state index >= 15 is 0 Å². The molecule has 1 aliphatic rings. The van der Waals surface area contributed by atoms with Crippen molar-refractivity contribution in [3.05, 3.63) is 28.3 Å². The molecular weight excluding hydrogens is 224 g/mol. The third kappa shape index (κ3) is 2.67. The maximum absolute atomic E-state index is 9.70. The zero-order chi connectivity index (χ0) is 11.5. The number of nitrogens with one attached hydrogen (secondary N) is 1. The molecule has 0 radical (unpaired) electrons. The van der Waals surface area contributed by atoms with Crippen LogP contribution in [0, 0.1) is 6.92 Å². The fourth-order valence-electron chi connectivity index (χ4n) is 1.94. The lowest BCUT2D eigenvalue weighted by Crippen LogP contribution is -2.42. The summed E-state index contributed by atoms with van der Waals surface area (Å²) in [6.07, 6.45) is 0. The van der Waals surface area contributed by atoms with Crippen molar-refractivity contribution in [2.75, 3.05) is 26.2 Å². The fourth-order valence-corrected chi connectivity index (χ4v) is 2.17. The molecule has 2 N–H and O–H groups in total. The molecule has 1 saturated heterocycles. The van der Waals surface area contributed by atoms with E-state index in [0.29, 0.717) is 5.02 Å². The number of halogens is 1. The molecule has 0 spiro atoms. The average molecular weight is 241 g/mol. The van der Waals surface area contributed by atoms with E-state index < -0.39 is 0 Å². The van der Waals surface area contributed by atoms with Crippen molar-refractivity contribution in [1.82, 2.24) is 10.2 Å². The average Bonchev–Trinajstić information content (AvgIpc) is 2.27. The van der Waals surface area contributed by atoms with Gasteiger partial charge in [-0.25, -0.2) is 0 Å². The number of piperazine rings is 1. The number of phenols is 1.